The van der Waals surface area contributed by atoms with Crippen LogP contribution in [-0.4, -0.2) is 42.0 Å². The van der Waals surface area contributed by atoms with Gasteiger partial charge in [0.25, 0.3) is 0 Å². The number of likely N-dealkylation sites (tertiary alicyclic amines) is 1. The molecule has 4 heteroatoms. The van der Waals surface area contributed by atoms with Gasteiger partial charge < -0.3 is 10.2 Å². The molecule has 1 unspecified atom stereocenters. The number of rotatable bonds is 5. The first-order chi connectivity index (χ1) is 9.92. The van der Waals surface area contributed by atoms with Gasteiger partial charge >= 0.3 is 0 Å². The first-order valence-corrected chi connectivity index (χ1v) is 8.61. The maximum Gasteiger partial charge on any atom is 0.157 e. The normalized spacial score (nSPS) is 22.8. The summed E-state index contributed by atoms with van der Waals surface area (Å²) < 4.78 is 0. The van der Waals surface area contributed by atoms with Crippen molar-refractivity contribution in [3.05, 3.63) is 35.9 Å². The topological polar surface area (TPSA) is 27.6 Å². The summed E-state index contributed by atoms with van der Waals surface area (Å²) in [5, 5.41) is 4.66. The van der Waals surface area contributed by atoms with Crippen molar-refractivity contribution in [2.45, 2.75) is 25.3 Å². The average Bonchev–Trinajstić information content (AvgIpc) is 3.16. The van der Waals surface area contributed by atoms with Crippen molar-refractivity contribution in [3.63, 3.8) is 0 Å². The van der Waals surface area contributed by atoms with Crippen LogP contribution in [-0.2, 0) is 0 Å². The number of hydrogen-bond acceptors (Lipinski definition) is 4. The van der Waals surface area contributed by atoms with E-state index in [4.69, 9.17) is 0 Å². The Kier molecular flexibility index (Phi) is 4.98. The summed E-state index contributed by atoms with van der Waals surface area (Å²) in [6, 6.07) is 11.0. The van der Waals surface area contributed by atoms with E-state index in [0.717, 1.165) is 11.7 Å². The van der Waals surface area contributed by atoms with E-state index in [9.17, 15) is 0 Å². The van der Waals surface area contributed by atoms with Crippen molar-refractivity contribution in [3.8, 4) is 0 Å². The summed E-state index contributed by atoms with van der Waals surface area (Å²) in [6.45, 7) is 4.74. The fraction of sp³-hybridized carbons (Fsp3) is 0.562. The van der Waals surface area contributed by atoms with Crippen LogP contribution in [0.25, 0.3) is 0 Å². The molecule has 1 aromatic carbocycles. The zero-order valence-electron chi connectivity index (χ0n) is 11.9. The molecular formula is C16H23N3S. The summed E-state index contributed by atoms with van der Waals surface area (Å²) in [4.78, 5) is 7.20. The number of benzene rings is 1. The summed E-state index contributed by atoms with van der Waals surface area (Å²) in [5.41, 5.74) is 1.34. The lowest BCUT2D eigenvalue weighted by atomic mass is 10.1. The molecule has 1 saturated heterocycles. The van der Waals surface area contributed by atoms with Crippen molar-refractivity contribution in [1.29, 1.82) is 0 Å². The number of nitrogens with zero attached hydrogens (tertiary/aromatic N) is 2. The quantitative estimate of drug-likeness (QED) is 0.845. The lowest BCUT2D eigenvalue weighted by Gasteiger charge is -2.14. The molecule has 1 atom stereocenters. The molecule has 0 amide bonds. The maximum atomic E-state index is 4.62. The molecule has 3 rings (SSSR count). The van der Waals surface area contributed by atoms with Crippen LogP contribution in [0.5, 0.6) is 0 Å². The molecule has 3 nitrogen and oxygen atoms in total. The predicted molar refractivity (Wildman–Crippen MR) is 87.4 cm³/mol. The first-order valence-electron chi connectivity index (χ1n) is 7.63. The lowest BCUT2D eigenvalue weighted by molar-refractivity contribution is 0.341. The van der Waals surface area contributed by atoms with E-state index in [-0.39, 0.29) is 0 Å². The Morgan fingerprint density at radius 3 is 2.80 bits per heavy atom. The standard InChI is InChI=1S/C16H23N3S/c1-2-7-14(8-3-1)15-13-17-16(18-15)20-12-6-11-19-9-4-5-10-19/h1-3,7-8,15H,4-6,9-13H2,(H,17,18). The Hall–Kier alpha value is -1.00. The molecule has 0 aromatic heterocycles. The molecule has 0 spiro atoms. The van der Waals surface area contributed by atoms with E-state index in [1.165, 1.54) is 50.2 Å². The largest absolute Gasteiger partial charge is 0.356 e. The van der Waals surface area contributed by atoms with Gasteiger partial charge in [0.15, 0.2) is 5.17 Å². The second kappa shape index (κ2) is 7.14. The van der Waals surface area contributed by atoms with Crippen molar-refractivity contribution < 1.29 is 0 Å². The molecule has 0 aliphatic carbocycles. The van der Waals surface area contributed by atoms with Gasteiger partial charge in [0.1, 0.15) is 0 Å². The third kappa shape index (κ3) is 3.76. The second-order valence-electron chi connectivity index (χ2n) is 5.50. The Bertz CT molecular complexity index is 440. The van der Waals surface area contributed by atoms with E-state index in [1.807, 2.05) is 11.8 Å². The van der Waals surface area contributed by atoms with Crippen molar-refractivity contribution >= 4 is 16.9 Å². The molecule has 1 aromatic rings. The van der Waals surface area contributed by atoms with Crippen LogP contribution in [0.1, 0.15) is 30.9 Å². The smallest absolute Gasteiger partial charge is 0.157 e. The Morgan fingerprint density at radius 1 is 1.20 bits per heavy atom. The number of aliphatic imine (C=N–C) groups is 1. The van der Waals surface area contributed by atoms with E-state index in [1.54, 1.807) is 0 Å². The molecule has 20 heavy (non-hydrogen) atoms. The number of amidine groups is 1. The van der Waals surface area contributed by atoms with Gasteiger partial charge in [-0.15, -0.1) is 0 Å². The van der Waals surface area contributed by atoms with Crippen LogP contribution >= 0.6 is 11.8 Å². The maximum absolute atomic E-state index is 4.62. The van der Waals surface area contributed by atoms with Crippen LogP contribution in [0.15, 0.2) is 35.3 Å². The zero-order chi connectivity index (χ0) is 13.6. The highest BCUT2D eigenvalue weighted by Crippen LogP contribution is 2.21. The Labute approximate surface area is 125 Å². The third-order valence-corrected chi connectivity index (χ3v) is 4.99. The Balaban J connectivity index is 1.35. The van der Waals surface area contributed by atoms with Gasteiger partial charge in [0.05, 0.1) is 12.6 Å². The van der Waals surface area contributed by atoms with Gasteiger partial charge in [-0.05, 0) is 44.5 Å². The molecule has 0 radical (unpaired) electrons. The molecule has 2 heterocycles. The first kappa shape index (κ1) is 14.0. The Morgan fingerprint density at radius 2 is 2.00 bits per heavy atom. The molecule has 0 saturated carbocycles. The summed E-state index contributed by atoms with van der Waals surface area (Å²) in [5.74, 6) is 1.17. The molecule has 0 bridgehead atoms. The zero-order valence-corrected chi connectivity index (χ0v) is 12.7. The monoisotopic (exact) mass is 289 g/mol. The van der Waals surface area contributed by atoms with Crippen LogP contribution in [0.2, 0.25) is 0 Å². The van der Waals surface area contributed by atoms with Crippen LogP contribution in [0.3, 0.4) is 0 Å². The van der Waals surface area contributed by atoms with E-state index < -0.39 is 0 Å². The SMILES string of the molecule is c1ccc(C2CN=C(SCCCN3CCCC3)N2)cc1. The predicted octanol–water partition coefficient (Wildman–Crippen LogP) is 2.91. The fourth-order valence-electron chi connectivity index (χ4n) is 2.84. The molecular weight excluding hydrogens is 266 g/mol. The number of hydrogen-bond donors (Lipinski definition) is 1. The second-order valence-corrected chi connectivity index (χ2v) is 6.59. The molecule has 1 N–H and O–H groups in total. The average molecular weight is 289 g/mol. The van der Waals surface area contributed by atoms with Crippen molar-refractivity contribution in [2.24, 2.45) is 4.99 Å². The molecule has 108 valence electrons. The van der Waals surface area contributed by atoms with Crippen LogP contribution < -0.4 is 5.32 Å². The van der Waals surface area contributed by atoms with Crippen molar-refractivity contribution in [2.75, 3.05) is 31.9 Å². The highest BCUT2D eigenvalue weighted by molar-refractivity contribution is 8.13. The third-order valence-electron chi connectivity index (χ3n) is 3.97. The number of nitrogens with one attached hydrogen (secondary N) is 1. The summed E-state index contributed by atoms with van der Waals surface area (Å²) in [7, 11) is 0. The van der Waals surface area contributed by atoms with Gasteiger partial charge in [-0.3, -0.25) is 4.99 Å². The fourth-order valence-corrected chi connectivity index (χ4v) is 3.70. The number of thioether (sulfide) groups is 1. The lowest BCUT2D eigenvalue weighted by Crippen LogP contribution is -2.23. The van der Waals surface area contributed by atoms with E-state index >= 15 is 0 Å². The van der Waals surface area contributed by atoms with Gasteiger partial charge in [-0.25, -0.2) is 0 Å². The van der Waals surface area contributed by atoms with Gasteiger partial charge in [-0.1, -0.05) is 42.1 Å². The molecule has 1 fully saturated rings. The van der Waals surface area contributed by atoms with Crippen LogP contribution in [0.4, 0.5) is 0 Å². The molecule has 2 aliphatic heterocycles. The summed E-state index contributed by atoms with van der Waals surface area (Å²) >= 11 is 1.88. The van der Waals surface area contributed by atoms with Gasteiger partial charge in [-0.2, -0.15) is 0 Å². The minimum absolute atomic E-state index is 0.372. The molecule has 2 aliphatic rings. The minimum Gasteiger partial charge on any atom is -0.356 e. The highest BCUT2D eigenvalue weighted by Gasteiger charge is 2.19. The highest BCUT2D eigenvalue weighted by atomic mass is 32.2. The van der Waals surface area contributed by atoms with Crippen molar-refractivity contribution in [1.82, 2.24) is 10.2 Å². The van der Waals surface area contributed by atoms with Gasteiger partial charge in [0, 0.05) is 5.75 Å². The summed E-state index contributed by atoms with van der Waals surface area (Å²) in [6.07, 6.45) is 4.04. The van der Waals surface area contributed by atoms with E-state index in [0.29, 0.717) is 6.04 Å². The van der Waals surface area contributed by atoms with Gasteiger partial charge in [0.2, 0.25) is 0 Å². The van der Waals surface area contributed by atoms with Crippen LogP contribution in [0, 0.1) is 0 Å². The van der Waals surface area contributed by atoms with E-state index in [2.05, 4.69) is 45.5 Å². The minimum atomic E-state index is 0.372.